The average molecular weight is 404 g/mol. The number of sulfonamides is 1. The normalized spacial score (nSPS) is 12.2. The van der Waals surface area contributed by atoms with Gasteiger partial charge in [0.2, 0.25) is 5.82 Å². The van der Waals surface area contributed by atoms with E-state index < -0.39 is 31.7 Å². The zero-order chi connectivity index (χ0) is 18.9. The Hall–Kier alpha value is -2.66. The van der Waals surface area contributed by atoms with Crippen LogP contribution in [-0.2, 0) is 16.2 Å². The maximum Gasteiger partial charge on any atom is 0.416 e. The Bertz CT molecular complexity index is 1040. The highest BCUT2D eigenvalue weighted by atomic mass is 35.5. The zero-order valence-electron chi connectivity index (χ0n) is 12.6. The standard InChI is InChI=1S/C14H9ClF3N5O2S/c15-10-7-8(14(16,17)18)5-6-12(10)26(24,25)21-11-4-2-1-3-9(11)13-19-22-23-20-13/h1-7,21H,(H,19,20,22,23). The van der Waals surface area contributed by atoms with Gasteiger partial charge in [-0.05, 0) is 35.5 Å². The van der Waals surface area contributed by atoms with Crippen molar-refractivity contribution >= 4 is 27.3 Å². The molecular weight excluding hydrogens is 395 g/mol. The molecule has 0 unspecified atom stereocenters. The van der Waals surface area contributed by atoms with Crippen LogP contribution in [0.15, 0.2) is 47.4 Å². The summed E-state index contributed by atoms with van der Waals surface area (Å²) in [7, 11) is -4.26. The summed E-state index contributed by atoms with van der Waals surface area (Å²) in [6.07, 6.45) is -4.63. The van der Waals surface area contributed by atoms with Gasteiger partial charge in [0.25, 0.3) is 10.0 Å². The van der Waals surface area contributed by atoms with Crippen LogP contribution in [-0.4, -0.2) is 29.0 Å². The summed E-state index contributed by atoms with van der Waals surface area (Å²) >= 11 is 5.77. The maximum atomic E-state index is 12.7. The lowest BCUT2D eigenvalue weighted by Crippen LogP contribution is -2.15. The van der Waals surface area contributed by atoms with Crippen molar-refractivity contribution in [3.05, 3.63) is 53.1 Å². The number of halogens is 4. The predicted octanol–water partition coefficient (Wildman–Crippen LogP) is 3.34. The molecule has 2 N–H and O–H groups in total. The number of hydrogen-bond acceptors (Lipinski definition) is 5. The van der Waals surface area contributed by atoms with Gasteiger partial charge >= 0.3 is 6.18 Å². The number of alkyl halides is 3. The molecule has 1 aromatic heterocycles. The van der Waals surface area contributed by atoms with Gasteiger partial charge in [-0.25, -0.2) is 8.42 Å². The summed E-state index contributed by atoms with van der Waals surface area (Å²) in [5.74, 6) is 0.141. The Labute approximate surface area is 150 Å². The van der Waals surface area contributed by atoms with Gasteiger partial charge in [-0.15, -0.1) is 10.2 Å². The number of H-pyrrole nitrogens is 1. The molecule has 0 bridgehead atoms. The second kappa shape index (κ2) is 6.57. The lowest BCUT2D eigenvalue weighted by atomic mass is 10.2. The van der Waals surface area contributed by atoms with Crippen LogP contribution in [0.4, 0.5) is 18.9 Å². The maximum absolute atomic E-state index is 12.7. The predicted molar refractivity (Wildman–Crippen MR) is 86.9 cm³/mol. The fraction of sp³-hybridized carbons (Fsp3) is 0.0714. The molecule has 0 atom stereocenters. The Morgan fingerprint density at radius 2 is 1.85 bits per heavy atom. The van der Waals surface area contributed by atoms with Crippen LogP contribution >= 0.6 is 11.6 Å². The minimum absolute atomic E-state index is 0.116. The summed E-state index contributed by atoms with van der Waals surface area (Å²) in [6.45, 7) is 0. The van der Waals surface area contributed by atoms with E-state index in [9.17, 15) is 21.6 Å². The number of nitrogens with zero attached hydrogens (tertiary/aromatic N) is 3. The van der Waals surface area contributed by atoms with E-state index in [4.69, 9.17) is 11.6 Å². The van der Waals surface area contributed by atoms with Crippen LogP contribution in [0.25, 0.3) is 11.4 Å². The molecule has 0 fully saturated rings. The molecule has 0 aliphatic carbocycles. The van der Waals surface area contributed by atoms with Crippen molar-refractivity contribution in [2.45, 2.75) is 11.1 Å². The van der Waals surface area contributed by atoms with E-state index in [0.29, 0.717) is 17.7 Å². The first-order chi connectivity index (χ1) is 12.2. The second-order valence-electron chi connectivity index (χ2n) is 5.03. The molecule has 0 aliphatic heterocycles. The van der Waals surface area contributed by atoms with Crippen molar-refractivity contribution in [3.8, 4) is 11.4 Å². The van der Waals surface area contributed by atoms with Gasteiger partial charge in [-0.3, -0.25) is 4.72 Å². The van der Waals surface area contributed by atoms with Gasteiger partial charge in [0, 0.05) is 5.56 Å². The molecule has 136 valence electrons. The van der Waals surface area contributed by atoms with Gasteiger partial charge in [-0.1, -0.05) is 23.7 Å². The number of aromatic amines is 1. The number of para-hydroxylation sites is 1. The third-order valence-corrected chi connectivity index (χ3v) is 5.15. The van der Waals surface area contributed by atoms with Crippen molar-refractivity contribution in [3.63, 3.8) is 0 Å². The third-order valence-electron chi connectivity index (χ3n) is 3.31. The van der Waals surface area contributed by atoms with Crippen molar-refractivity contribution in [1.29, 1.82) is 0 Å². The Kier molecular flexibility index (Phi) is 4.59. The van der Waals surface area contributed by atoms with E-state index in [0.717, 1.165) is 6.07 Å². The summed E-state index contributed by atoms with van der Waals surface area (Å²) in [4.78, 5) is -0.491. The first-order valence-corrected chi connectivity index (χ1v) is 8.77. The number of nitrogens with one attached hydrogen (secondary N) is 2. The van der Waals surface area contributed by atoms with Gasteiger partial charge in [0.15, 0.2) is 0 Å². The highest BCUT2D eigenvalue weighted by Gasteiger charge is 2.32. The zero-order valence-corrected chi connectivity index (χ0v) is 14.2. The highest BCUT2D eigenvalue weighted by molar-refractivity contribution is 7.92. The number of aromatic nitrogens is 4. The molecule has 26 heavy (non-hydrogen) atoms. The highest BCUT2D eigenvalue weighted by Crippen LogP contribution is 2.34. The quantitative estimate of drug-likeness (QED) is 0.695. The fourth-order valence-corrected chi connectivity index (χ4v) is 3.76. The van der Waals surface area contributed by atoms with Crippen molar-refractivity contribution in [1.82, 2.24) is 20.6 Å². The fourth-order valence-electron chi connectivity index (χ4n) is 2.14. The van der Waals surface area contributed by atoms with E-state index in [1.165, 1.54) is 6.07 Å². The molecule has 3 aromatic rings. The monoisotopic (exact) mass is 403 g/mol. The molecule has 12 heteroatoms. The van der Waals surface area contributed by atoms with E-state index >= 15 is 0 Å². The largest absolute Gasteiger partial charge is 0.416 e. The summed E-state index contributed by atoms with van der Waals surface area (Å²) < 4.78 is 65.5. The summed E-state index contributed by atoms with van der Waals surface area (Å²) in [6, 6.07) is 8.19. The molecule has 7 nitrogen and oxygen atoms in total. The molecule has 1 heterocycles. The van der Waals surface area contributed by atoms with E-state index in [1.54, 1.807) is 18.2 Å². The number of rotatable bonds is 4. The number of hydrogen-bond donors (Lipinski definition) is 2. The molecule has 3 rings (SSSR count). The Balaban J connectivity index is 1.99. The van der Waals surface area contributed by atoms with Crippen molar-refractivity contribution in [2.24, 2.45) is 0 Å². The topological polar surface area (TPSA) is 101 Å². The third kappa shape index (κ3) is 3.63. The first-order valence-electron chi connectivity index (χ1n) is 6.91. The Morgan fingerprint density at radius 1 is 1.12 bits per heavy atom. The van der Waals surface area contributed by atoms with Gasteiger partial charge in [-0.2, -0.15) is 18.4 Å². The van der Waals surface area contributed by atoms with Crippen LogP contribution in [0.3, 0.4) is 0 Å². The molecule has 0 spiro atoms. The molecule has 0 saturated heterocycles. The molecule has 0 amide bonds. The van der Waals surface area contributed by atoms with Crippen LogP contribution in [0.1, 0.15) is 5.56 Å². The van der Waals surface area contributed by atoms with E-state index in [-0.39, 0.29) is 11.5 Å². The average Bonchev–Trinajstić information content (AvgIpc) is 3.08. The molecule has 0 radical (unpaired) electrons. The first kappa shape index (κ1) is 18.1. The number of benzene rings is 2. The van der Waals surface area contributed by atoms with E-state index in [1.807, 2.05) is 0 Å². The minimum atomic E-state index is -4.63. The smallest absolute Gasteiger partial charge is 0.279 e. The van der Waals surface area contributed by atoms with Crippen LogP contribution in [0, 0.1) is 0 Å². The molecular formula is C14H9ClF3N5O2S. The lowest BCUT2D eigenvalue weighted by Gasteiger charge is -2.13. The number of anilines is 1. The minimum Gasteiger partial charge on any atom is -0.279 e. The van der Waals surface area contributed by atoms with Crippen LogP contribution in [0.5, 0.6) is 0 Å². The van der Waals surface area contributed by atoms with Crippen LogP contribution < -0.4 is 4.72 Å². The van der Waals surface area contributed by atoms with E-state index in [2.05, 4.69) is 25.3 Å². The van der Waals surface area contributed by atoms with Crippen molar-refractivity contribution < 1.29 is 21.6 Å². The van der Waals surface area contributed by atoms with Crippen LogP contribution in [0.2, 0.25) is 5.02 Å². The summed E-state index contributed by atoms with van der Waals surface area (Å²) in [5.41, 5.74) is -0.605. The van der Waals surface area contributed by atoms with Crippen molar-refractivity contribution in [2.75, 3.05) is 4.72 Å². The molecule has 2 aromatic carbocycles. The molecule has 0 saturated carbocycles. The van der Waals surface area contributed by atoms with Gasteiger partial charge in [0.1, 0.15) is 4.90 Å². The number of tetrazole rings is 1. The van der Waals surface area contributed by atoms with Gasteiger partial charge in [0.05, 0.1) is 16.3 Å². The molecule has 0 aliphatic rings. The van der Waals surface area contributed by atoms with Gasteiger partial charge < -0.3 is 0 Å². The second-order valence-corrected chi connectivity index (χ2v) is 7.09. The lowest BCUT2D eigenvalue weighted by molar-refractivity contribution is -0.137. The summed E-state index contributed by atoms with van der Waals surface area (Å²) in [5, 5.41) is 12.6. The SMILES string of the molecule is O=S(=O)(Nc1ccccc1-c1nn[nH]n1)c1ccc(C(F)(F)F)cc1Cl. The Morgan fingerprint density at radius 3 is 2.46 bits per heavy atom.